The Morgan fingerprint density at radius 3 is 2.58 bits per heavy atom. The van der Waals surface area contributed by atoms with Crippen molar-refractivity contribution >= 4 is 27.5 Å². The Kier molecular flexibility index (Phi) is 4.52. The van der Waals surface area contributed by atoms with E-state index in [1.165, 1.54) is 12.1 Å². The molecule has 2 nitrogen and oxygen atoms in total. The standard InChI is InChI=1S/C13H10BrClF2N2/c14-9-3-1-2-8(12(9)17)13(19-18)7-4-5-10(15)11(16)6-7/h1-6,13,19H,18H2. The Hall–Kier alpha value is -1.01. The van der Waals surface area contributed by atoms with Gasteiger partial charge in [0.2, 0.25) is 0 Å². The second-order valence-corrected chi connectivity index (χ2v) is 5.18. The molecule has 0 radical (unpaired) electrons. The molecule has 0 aromatic heterocycles. The van der Waals surface area contributed by atoms with E-state index in [1.807, 2.05) is 0 Å². The van der Waals surface area contributed by atoms with Gasteiger partial charge >= 0.3 is 0 Å². The molecular formula is C13H10BrClF2N2. The zero-order chi connectivity index (χ0) is 14.0. The summed E-state index contributed by atoms with van der Waals surface area (Å²) < 4.78 is 27.8. The summed E-state index contributed by atoms with van der Waals surface area (Å²) in [6.45, 7) is 0. The molecule has 0 saturated heterocycles. The Morgan fingerprint density at radius 1 is 1.21 bits per heavy atom. The molecule has 0 spiro atoms. The van der Waals surface area contributed by atoms with Crippen LogP contribution < -0.4 is 11.3 Å². The summed E-state index contributed by atoms with van der Waals surface area (Å²) in [4.78, 5) is 0. The van der Waals surface area contributed by atoms with Crippen LogP contribution in [0.3, 0.4) is 0 Å². The second kappa shape index (κ2) is 5.96. The molecule has 3 N–H and O–H groups in total. The van der Waals surface area contributed by atoms with Gasteiger partial charge in [0.15, 0.2) is 0 Å². The Labute approximate surface area is 122 Å². The summed E-state index contributed by atoms with van der Waals surface area (Å²) in [6.07, 6.45) is 0. The van der Waals surface area contributed by atoms with Crippen molar-refractivity contribution in [3.63, 3.8) is 0 Å². The van der Waals surface area contributed by atoms with Crippen LogP contribution in [0.2, 0.25) is 5.02 Å². The summed E-state index contributed by atoms with van der Waals surface area (Å²) in [6, 6.07) is 8.41. The molecule has 2 aromatic carbocycles. The first-order chi connectivity index (χ1) is 9.04. The van der Waals surface area contributed by atoms with E-state index in [9.17, 15) is 8.78 Å². The van der Waals surface area contributed by atoms with Gasteiger partial charge in [-0.2, -0.15) is 0 Å². The van der Waals surface area contributed by atoms with Crippen LogP contribution in [0.25, 0.3) is 0 Å². The minimum atomic E-state index is -0.663. The van der Waals surface area contributed by atoms with Crippen molar-refractivity contribution in [3.8, 4) is 0 Å². The third-order valence-corrected chi connectivity index (χ3v) is 3.66. The van der Waals surface area contributed by atoms with Crippen LogP contribution in [0.15, 0.2) is 40.9 Å². The fraction of sp³-hybridized carbons (Fsp3) is 0.0769. The Morgan fingerprint density at radius 2 is 1.95 bits per heavy atom. The van der Waals surface area contributed by atoms with E-state index in [1.54, 1.807) is 24.3 Å². The molecule has 0 heterocycles. The van der Waals surface area contributed by atoms with Gasteiger partial charge < -0.3 is 0 Å². The first-order valence-corrected chi connectivity index (χ1v) is 6.56. The monoisotopic (exact) mass is 346 g/mol. The normalized spacial score (nSPS) is 12.5. The van der Waals surface area contributed by atoms with Crippen molar-refractivity contribution in [2.24, 2.45) is 5.84 Å². The SMILES string of the molecule is NNC(c1ccc(Cl)c(F)c1)c1cccc(Br)c1F. The molecule has 19 heavy (non-hydrogen) atoms. The Balaban J connectivity index is 2.50. The number of hydrogen-bond donors (Lipinski definition) is 2. The maximum Gasteiger partial charge on any atom is 0.142 e. The molecule has 100 valence electrons. The van der Waals surface area contributed by atoms with Crippen LogP contribution in [-0.2, 0) is 0 Å². The highest BCUT2D eigenvalue weighted by molar-refractivity contribution is 9.10. The summed E-state index contributed by atoms with van der Waals surface area (Å²) >= 11 is 8.73. The van der Waals surface area contributed by atoms with Gasteiger partial charge in [0.25, 0.3) is 0 Å². The molecule has 0 fully saturated rings. The van der Waals surface area contributed by atoms with Crippen LogP contribution in [0.4, 0.5) is 8.78 Å². The molecular weight excluding hydrogens is 338 g/mol. The molecule has 6 heteroatoms. The highest BCUT2D eigenvalue weighted by Crippen LogP contribution is 2.29. The van der Waals surface area contributed by atoms with Crippen LogP contribution in [0.1, 0.15) is 17.2 Å². The molecule has 2 rings (SSSR count). The molecule has 2 aromatic rings. The van der Waals surface area contributed by atoms with E-state index < -0.39 is 17.7 Å². The highest BCUT2D eigenvalue weighted by Gasteiger charge is 2.19. The summed E-state index contributed by atoms with van der Waals surface area (Å²) in [5.41, 5.74) is 3.28. The first-order valence-electron chi connectivity index (χ1n) is 5.39. The minimum Gasteiger partial charge on any atom is -0.271 e. The van der Waals surface area contributed by atoms with Gasteiger partial charge in [-0.3, -0.25) is 5.84 Å². The number of halogens is 4. The first kappa shape index (κ1) is 14.4. The fourth-order valence-electron chi connectivity index (χ4n) is 1.80. The predicted molar refractivity (Wildman–Crippen MR) is 74.7 cm³/mol. The molecule has 1 unspecified atom stereocenters. The minimum absolute atomic E-state index is 0.00855. The summed E-state index contributed by atoms with van der Waals surface area (Å²) in [7, 11) is 0. The van der Waals surface area contributed by atoms with Crippen LogP contribution >= 0.6 is 27.5 Å². The van der Waals surface area contributed by atoms with Crippen molar-refractivity contribution in [1.82, 2.24) is 5.43 Å². The van der Waals surface area contributed by atoms with Crippen LogP contribution in [0.5, 0.6) is 0 Å². The topological polar surface area (TPSA) is 38.0 Å². The second-order valence-electron chi connectivity index (χ2n) is 3.92. The zero-order valence-corrected chi connectivity index (χ0v) is 12.0. The average Bonchev–Trinajstić information content (AvgIpc) is 2.39. The smallest absolute Gasteiger partial charge is 0.142 e. The molecule has 1 atom stereocenters. The van der Waals surface area contributed by atoms with Crippen LogP contribution in [-0.4, -0.2) is 0 Å². The molecule has 0 amide bonds. The van der Waals surface area contributed by atoms with Crippen molar-refractivity contribution in [3.05, 3.63) is 68.7 Å². The van der Waals surface area contributed by atoms with Crippen molar-refractivity contribution < 1.29 is 8.78 Å². The number of hydrogen-bond acceptors (Lipinski definition) is 2. The number of nitrogens with one attached hydrogen (secondary N) is 1. The van der Waals surface area contributed by atoms with E-state index in [0.717, 1.165) is 0 Å². The third kappa shape index (κ3) is 2.95. The van der Waals surface area contributed by atoms with Crippen molar-refractivity contribution in [2.45, 2.75) is 6.04 Å². The van der Waals surface area contributed by atoms with E-state index in [4.69, 9.17) is 17.4 Å². The average molecular weight is 348 g/mol. The summed E-state index contributed by atoms with van der Waals surface area (Å²) in [5, 5.41) is 0.00855. The fourth-order valence-corrected chi connectivity index (χ4v) is 2.30. The predicted octanol–water partition coefficient (Wildman–Crippen LogP) is 3.93. The number of hydrazine groups is 1. The molecule has 0 aliphatic heterocycles. The lowest BCUT2D eigenvalue weighted by Crippen LogP contribution is -2.29. The maximum absolute atomic E-state index is 14.0. The van der Waals surface area contributed by atoms with Crippen molar-refractivity contribution in [2.75, 3.05) is 0 Å². The lowest BCUT2D eigenvalue weighted by atomic mass is 9.99. The van der Waals surface area contributed by atoms with Gasteiger partial charge in [-0.05, 0) is 39.7 Å². The molecule has 0 saturated carbocycles. The van der Waals surface area contributed by atoms with Gasteiger partial charge in [0.05, 0.1) is 15.5 Å². The van der Waals surface area contributed by atoms with E-state index >= 15 is 0 Å². The highest BCUT2D eigenvalue weighted by atomic mass is 79.9. The number of rotatable bonds is 3. The van der Waals surface area contributed by atoms with Gasteiger partial charge in [0, 0.05) is 5.56 Å². The van der Waals surface area contributed by atoms with E-state index in [2.05, 4.69) is 21.4 Å². The van der Waals surface area contributed by atoms with E-state index in [0.29, 0.717) is 15.6 Å². The molecule has 0 aliphatic carbocycles. The largest absolute Gasteiger partial charge is 0.271 e. The Bertz CT molecular complexity index is 607. The summed E-state index contributed by atoms with van der Waals surface area (Å²) in [5.74, 6) is 4.44. The lowest BCUT2D eigenvalue weighted by Gasteiger charge is -2.18. The van der Waals surface area contributed by atoms with Gasteiger partial charge in [-0.1, -0.05) is 29.8 Å². The number of benzene rings is 2. The quantitative estimate of drug-likeness (QED) is 0.652. The number of nitrogens with two attached hydrogens (primary N) is 1. The third-order valence-electron chi connectivity index (χ3n) is 2.74. The van der Waals surface area contributed by atoms with Gasteiger partial charge in [-0.25, -0.2) is 14.2 Å². The van der Waals surface area contributed by atoms with E-state index in [-0.39, 0.29) is 5.02 Å². The zero-order valence-electron chi connectivity index (χ0n) is 9.63. The molecule has 0 bridgehead atoms. The van der Waals surface area contributed by atoms with Crippen LogP contribution in [0, 0.1) is 11.6 Å². The maximum atomic E-state index is 14.0. The molecule has 0 aliphatic rings. The van der Waals surface area contributed by atoms with Gasteiger partial charge in [-0.15, -0.1) is 0 Å². The van der Waals surface area contributed by atoms with Crippen molar-refractivity contribution in [1.29, 1.82) is 0 Å². The lowest BCUT2D eigenvalue weighted by molar-refractivity contribution is 0.552. The van der Waals surface area contributed by atoms with Gasteiger partial charge in [0.1, 0.15) is 11.6 Å².